The molecule has 3 heteroatoms. The van der Waals surface area contributed by atoms with Gasteiger partial charge in [-0.25, -0.2) is 0 Å². The normalized spacial score (nSPS) is 33.3. The molecule has 0 aromatic carbocycles. The molecule has 0 saturated heterocycles. The van der Waals surface area contributed by atoms with Crippen LogP contribution in [0.5, 0.6) is 0 Å². The molecule has 1 saturated carbocycles. The summed E-state index contributed by atoms with van der Waals surface area (Å²) in [6.45, 7) is 0. The Morgan fingerprint density at radius 2 is 2.10 bits per heavy atom. The van der Waals surface area contributed by atoms with Crippen molar-refractivity contribution < 1.29 is 9.90 Å². The van der Waals surface area contributed by atoms with Gasteiger partial charge in [0, 0.05) is 0 Å². The molecule has 0 aromatic rings. The summed E-state index contributed by atoms with van der Waals surface area (Å²) in [7, 11) is 0. The third kappa shape index (κ3) is 1.70. The number of rotatable bonds is 2. The van der Waals surface area contributed by atoms with E-state index in [1.54, 1.807) is 0 Å². The van der Waals surface area contributed by atoms with Crippen molar-refractivity contribution >= 4 is 6.41 Å². The monoisotopic (exact) mass is 143 g/mol. The fraction of sp³-hybridized carbons (Fsp3) is 0.857. The molecule has 1 rings (SSSR count). The summed E-state index contributed by atoms with van der Waals surface area (Å²) in [5, 5.41) is 11.9. The van der Waals surface area contributed by atoms with E-state index >= 15 is 0 Å². The minimum atomic E-state index is -0.320. The van der Waals surface area contributed by atoms with E-state index in [1.165, 1.54) is 0 Å². The van der Waals surface area contributed by atoms with Crippen molar-refractivity contribution in [2.45, 2.75) is 37.8 Å². The number of hydrogen-bond acceptors (Lipinski definition) is 2. The van der Waals surface area contributed by atoms with Crippen LogP contribution in [0.15, 0.2) is 0 Å². The predicted molar refractivity (Wildman–Crippen MR) is 37.5 cm³/mol. The maximum absolute atomic E-state index is 10.00. The highest BCUT2D eigenvalue weighted by molar-refractivity contribution is 5.46. The molecule has 1 aliphatic rings. The molecule has 1 amide bonds. The van der Waals surface area contributed by atoms with Crippen LogP contribution in [0.1, 0.15) is 25.7 Å². The van der Waals surface area contributed by atoms with Crippen LogP contribution in [0, 0.1) is 0 Å². The Balaban J connectivity index is 2.32. The molecule has 10 heavy (non-hydrogen) atoms. The minimum absolute atomic E-state index is 0.00579. The van der Waals surface area contributed by atoms with Gasteiger partial charge < -0.3 is 10.4 Å². The van der Waals surface area contributed by atoms with Gasteiger partial charge in [-0.3, -0.25) is 4.79 Å². The van der Waals surface area contributed by atoms with Gasteiger partial charge in [-0.2, -0.15) is 0 Å². The number of carbonyl (C=O) groups is 1. The summed E-state index contributed by atoms with van der Waals surface area (Å²) < 4.78 is 0. The number of carbonyl (C=O) groups excluding carboxylic acids is 1. The molecule has 2 atom stereocenters. The molecule has 1 aliphatic carbocycles. The molecular formula is C7H13NO2. The standard InChI is InChI=1S/C7H13NO2/c9-5-8-6-3-1-2-4-7(6)10/h5-7,10H,1-4H2,(H,8,9)/t6-,7-/m1/s1. The smallest absolute Gasteiger partial charge is 0.207 e. The third-order valence-corrected chi connectivity index (χ3v) is 2.01. The van der Waals surface area contributed by atoms with E-state index in [1.807, 2.05) is 0 Å². The molecule has 0 aliphatic heterocycles. The average molecular weight is 143 g/mol. The largest absolute Gasteiger partial charge is 0.391 e. The number of aliphatic hydroxyl groups is 1. The van der Waals surface area contributed by atoms with Crippen molar-refractivity contribution in [2.75, 3.05) is 0 Å². The summed E-state index contributed by atoms with van der Waals surface area (Å²) in [6.07, 6.45) is 4.28. The van der Waals surface area contributed by atoms with Crippen LogP contribution in [0.4, 0.5) is 0 Å². The number of hydrogen-bond donors (Lipinski definition) is 2. The SMILES string of the molecule is O=CN[C@@H]1CCCC[C@H]1O. The van der Waals surface area contributed by atoms with E-state index in [9.17, 15) is 9.90 Å². The van der Waals surface area contributed by atoms with Crippen LogP contribution in [-0.4, -0.2) is 23.7 Å². The zero-order valence-corrected chi connectivity index (χ0v) is 5.92. The van der Waals surface area contributed by atoms with Gasteiger partial charge >= 0.3 is 0 Å². The van der Waals surface area contributed by atoms with Gasteiger partial charge in [0.15, 0.2) is 0 Å². The van der Waals surface area contributed by atoms with Gasteiger partial charge in [-0.1, -0.05) is 12.8 Å². The fourth-order valence-corrected chi connectivity index (χ4v) is 1.39. The highest BCUT2D eigenvalue weighted by atomic mass is 16.3. The van der Waals surface area contributed by atoms with E-state index < -0.39 is 0 Å². The predicted octanol–water partition coefficient (Wildman–Crippen LogP) is 0.0359. The zero-order chi connectivity index (χ0) is 7.40. The second kappa shape index (κ2) is 3.56. The van der Waals surface area contributed by atoms with Crippen LogP contribution in [-0.2, 0) is 4.79 Å². The third-order valence-electron chi connectivity index (χ3n) is 2.01. The van der Waals surface area contributed by atoms with Gasteiger partial charge in [0.25, 0.3) is 0 Å². The number of nitrogens with one attached hydrogen (secondary N) is 1. The maximum atomic E-state index is 10.00. The summed E-state index contributed by atoms with van der Waals surface area (Å²) in [5.74, 6) is 0. The molecule has 58 valence electrons. The van der Waals surface area contributed by atoms with Crippen LogP contribution >= 0.6 is 0 Å². The van der Waals surface area contributed by atoms with E-state index in [-0.39, 0.29) is 12.1 Å². The van der Waals surface area contributed by atoms with Gasteiger partial charge in [-0.05, 0) is 12.8 Å². The highest BCUT2D eigenvalue weighted by Crippen LogP contribution is 2.17. The van der Waals surface area contributed by atoms with Gasteiger partial charge in [0.2, 0.25) is 6.41 Å². The number of aliphatic hydroxyl groups excluding tert-OH is 1. The molecule has 2 N–H and O–H groups in total. The van der Waals surface area contributed by atoms with Gasteiger partial charge in [0.05, 0.1) is 12.1 Å². The molecule has 0 spiro atoms. The van der Waals surface area contributed by atoms with Crippen molar-refractivity contribution in [1.29, 1.82) is 0 Å². The van der Waals surface area contributed by atoms with Crippen molar-refractivity contribution in [1.82, 2.24) is 5.32 Å². The van der Waals surface area contributed by atoms with E-state index in [4.69, 9.17) is 0 Å². The second-order valence-electron chi connectivity index (χ2n) is 2.74. The Morgan fingerprint density at radius 1 is 1.40 bits per heavy atom. The van der Waals surface area contributed by atoms with Crippen molar-refractivity contribution in [3.63, 3.8) is 0 Å². The lowest BCUT2D eigenvalue weighted by Crippen LogP contribution is -2.41. The van der Waals surface area contributed by atoms with Crippen molar-refractivity contribution in [2.24, 2.45) is 0 Å². The minimum Gasteiger partial charge on any atom is -0.391 e. The quantitative estimate of drug-likeness (QED) is 0.536. The first-order chi connectivity index (χ1) is 4.84. The topological polar surface area (TPSA) is 49.3 Å². The Hall–Kier alpha value is -0.570. The van der Waals surface area contributed by atoms with Crippen LogP contribution in [0.25, 0.3) is 0 Å². The van der Waals surface area contributed by atoms with Crippen LogP contribution in [0.3, 0.4) is 0 Å². The first-order valence-corrected chi connectivity index (χ1v) is 3.72. The Morgan fingerprint density at radius 3 is 2.70 bits per heavy atom. The Bertz CT molecular complexity index is 116. The molecule has 1 fully saturated rings. The maximum Gasteiger partial charge on any atom is 0.207 e. The molecule has 0 radical (unpaired) electrons. The first kappa shape index (κ1) is 7.54. The average Bonchev–Trinajstić information content (AvgIpc) is 1.94. The molecule has 0 heterocycles. The van der Waals surface area contributed by atoms with E-state index in [2.05, 4.69) is 5.32 Å². The Labute approximate surface area is 60.4 Å². The summed E-state index contributed by atoms with van der Waals surface area (Å²) in [6, 6.07) is 0.00579. The highest BCUT2D eigenvalue weighted by Gasteiger charge is 2.21. The number of amides is 1. The second-order valence-corrected chi connectivity index (χ2v) is 2.74. The van der Waals surface area contributed by atoms with Crippen molar-refractivity contribution in [3.05, 3.63) is 0 Å². The zero-order valence-electron chi connectivity index (χ0n) is 5.92. The fourth-order valence-electron chi connectivity index (χ4n) is 1.39. The van der Waals surface area contributed by atoms with Crippen LogP contribution < -0.4 is 5.32 Å². The molecule has 3 nitrogen and oxygen atoms in total. The molecule has 0 aromatic heterocycles. The molecule has 0 bridgehead atoms. The van der Waals surface area contributed by atoms with Crippen LogP contribution in [0.2, 0.25) is 0 Å². The molecular weight excluding hydrogens is 130 g/mol. The van der Waals surface area contributed by atoms with Crippen molar-refractivity contribution in [3.8, 4) is 0 Å². The summed E-state index contributed by atoms with van der Waals surface area (Å²) in [5.41, 5.74) is 0. The lowest BCUT2D eigenvalue weighted by Gasteiger charge is -2.26. The van der Waals surface area contributed by atoms with Gasteiger partial charge in [0.1, 0.15) is 0 Å². The lowest BCUT2D eigenvalue weighted by molar-refractivity contribution is -0.111. The van der Waals surface area contributed by atoms with Gasteiger partial charge in [-0.15, -0.1) is 0 Å². The molecule has 0 unspecified atom stereocenters. The first-order valence-electron chi connectivity index (χ1n) is 3.72. The Kier molecular flexibility index (Phi) is 2.68. The van der Waals surface area contributed by atoms with E-state index in [0.29, 0.717) is 6.41 Å². The summed E-state index contributed by atoms with van der Waals surface area (Å²) in [4.78, 5) is 10.00. The summed E-state index contributed by atoms with van der Waals surface area (Å²) >= 11 is 0. The lowest BCUT2D eigenvalue weighted by atomic mass is 9.93. The van der Waals surface area contributed by atoms with E-state index in [0.717, 1.165) is 25.7 Å².